The van der Waals surface area contributed by atoms with Crippen molar-refractivity contribution in [2.75, 3.05) is 6.26 Å². The van der Waals surface area contributed by atoms with Gasteiger partial charge in [0.25, 0.3) is 11.8 Å². The third kappa shape index (κ3) is 3.99. The largest absolute Gasteiger partial charge is 0.345 e. The Labute approximate surface area is 141 Å². The molecule has 2 rings (SSSR count). The number of hydrogen-bond donors (Lipinski definition) is 2. The molecule has 7 nitrogen and oxygen atoms in total. The molecule has 2 amide bonds. The van der Waals surface area contributed by atoms with Crippen molar-refractivity contribution in [1.29, 1.82) is 0 Å². The number of hydrazine groups is 1. The van der Waals surface area contributed by atoms with Gasteiger partial charge in [0, 0.05) is 24.0 Å². The van der Waals surface area contributed by atoms with Gasteiger partial charge in [-0.2, -0.15) is 0 Å². The Balaban J connectivity index is 2.15. The second kappa shape index (κ2) is 6.55. The Hall–Kier alpha value is -2.13. The minimum Gasteiger partial charge on any atom is -0.345 e. The Kier molecular flexibility index (Phi) is 4.90. The van der Waals surface area contributed by atoms with E-state index in [2.05, 4.69) is 26.8 Å². The summed E-state index contributed by atoms with van der Waals surface area (Å²) < 4.78 is 25.7. The van der Waals surface area contributed by atoms with E-state index in [-0.39, 0.29) is 10.5 Å². The zero-order chi connectivity index (χ0) is 17.2. The molecule has 0 spiro atoms. The summed E-state index contributed by atoms with van der Waals surface area (Å²) in [5.74, 6) is -1.24. The second-order valence-electron chi connectivity index (χ2n) is 4.83. The Morgan fingerprint density at radius 3 is 2.30 bits per heavy atom. The lowest BCUT2D eigenvalue weighted by Crippen LogP contribution is -2.42. The van der Waals surface area contributed by atoms with Gasteiger partial charge in [0.15, 0.2) is 9.84 Å². The Bertz CT molecular complexity index is 874. The summed E-state index contributed by atoms with van der Waals surface area (Å²) in [4.78, 5) is 24.0. The number of aryl methyl sites for hydroxylation is 1. The van der Waals surface area contributed by atoms with E-state index in [0.29, 0.717) is 5.69 Å². The highest BCUT2D eigenvalue weighted by molar-refractivity contribution is 9.10. The average Bonchev–Trinajstić information content (AvgIpc) is 2.82. The molecule has 0 unspecified atom stereocenters. The lowest BCUT2D eigenvalue weighted by Gasteiger charge is -2.10. The molecule has 1 heterocycles. The second-order valence-corrected chi connectivity index (χ2v) is 7.73. The van der Waals surface area contributed by atoms with E-state index in [4.69, 9.17) is 0 Å². The molecule has 1 aromatic heterocycles. The van der Waals surface area contributed by atoms with Crippen LogP contribution in [0, 0.1) is 0 Å². The van der Waals surface area contributed by atoms with Gasteiger partial charge < -0.3 is 4.57 Å². The number of carbonyl (C=O) groups excluding carboxylic acids is 2. The van der Waals surface area contributed by atoms with Gasteiger partial charge in [0.2, 0.25) is 0 Å². The third-order valence-electron chi connectivity index (χ3n) is 3.02. The number of nitrogens with one attached hydrogen (secondary N) is 2. The van der Waals surface area contributed by atoms with Crippen molar-refractivity contribution >= 4 is 37.6 Å². The maximum Gasteiger partial charge on any atom is 0.286 e. The number of nitrogens with zero attached hydrogens (tertiary/aromatic N) is 1. The first-order chi connectivity index (χ1) is 10.7. The van der Waals surface area contributed by atoms with E-state index in [9.17, 15) is 18.0 Å². The predicted molar refractivity (Wildman–Crippen MR) is 87.6 cm³/mol. The molecule has 0 radical (unpaired) electrons. The molecule has 0 atom stereocenters. The summed E-state index contributed by atoms with van der Waals surface area (Å²) in [5.41, 5.74) is 4.76. The van der Waals surface area contributed by atoms with Crippen molar-refractivity contribution in [3.8, 4) is 0 Å². The molecular formula is C14H14BrN3O4S. The minimum atomic E-state index is -3.56. The van der Waals surface area contributed by atoms with Gasteiger partial charge in [-0.1, -0.05) is 12.1 Å². The van der Waals surface area contributed by atoms with E-state index in [1.807, 2.05) is 0 Å². The van der Waals surface area contributed by atoms with Crippen LogP contribution < -0.4 is 10.9 Å². The molecule has 23 heavy (non-hydrogen) atoms. The van der Waals surface area contributed by atoms with E-state index in [0.717, 1.165) is 10.7 Å². The normalized spacial score (nSPS) is 11.1. The lowest BCUT2D eigenvalue weighted by atomic mass is 10.2. The number of aromatic nitrogens is 1. The summed E-state index contributed by atoms with van der Waals surface area (Å²) in [5, 5.41) is 0. The van der Waals surface area contributed by atoms with Crippen LogP contribution in [0.4, 0.5) is 0 Å². The van der Waals surface area contributed by atoms with Crippen LogP contribution in [0.1, 0.15) is 20.8 Å². The topological polar surface area (TPSA) is 97.3 Å². The summed E-state index contributed by atoms with van der Waals surface area (Å²) in [6, 6.07) is 7.36. The van der Waals surface area contributed by atoms with Gasteiger partial charge in [0.05, 0.1) is 10.5 Å². The summed E-state index contributed by atoms with van der Waals surface area (Å²) >= 11 is 3.24. The van der Waals surface area contributed by atoms with Crippen LogP contribution in [0.25, 0.3) is 0 Å². The highest BCUT2D eigenvalue weighted by atomic mass is 79.9. The van der Waals surface area contributed by atoms with Crippen LogP contribution in [0.2, 0.25) is 0 Å². The average molecular weight is 400 g/mol. The fraction of sp³-hybridized carbons (Fsp3) is 0.143. The molecule has 9 heteroatoms. The number of rotatable bonds is 3. The maximum absolute atomic E-state index is 12.1. The molecule has 0 aliphatic carbocycles. The monoisotopic (exact) mass is 399 g/mol. The Morgan fingerprint density at radius 1 is 1.13 bits per heavy atom. The number of carbonyl (C=O) groups is 2. The van der Waals surface area contributed by atoms with E-state index >= 15 is 0 Å². The molecule has 0 bridgehead atoms. The predicted octanol–water partition coefficient (Wildman–Crippen LogP) is 1.27. The lowest BCUT2D eigenvalue weighted by molar-refractivity contribution is 0.0840. The van der Waals surface area contributed by atoms with E-state index in [1.165, 1.54) is 18.2 Å². The Morgan fingerprint density at radius 2 is 1.74 bits per heavy atom. The van der Waals surface area contributed by atoms with Gasteiger partial charge in [-0.25, -0.2) is 8.42 Å². The van der Waals surface area contributed by atoms with Crippen molar-refractivity contribution in [2.45, 2.75) is 4.90 Å². The molecule has 2 aromatic rings. The SMILES string of the molecule is Cn1cc(Br)cc1C(=O)NNC(=O)c1ccccc1S(C)(=O)=O. The van der Waals surface area contributed by atoms with Crippen molar-refractivity contribution in [3.05, 3.63) is 52.3 Å². The number of hydrogen-bond acceptors (Lipinski definition) is 4. The number of benzene rings is 1. The first-order valence-corrected chi connectivity index (χ1v) is 9.10. The maximum atomic E-state index is 12.1. The minimum absolute atomic E-state index is 0.0386. The van der Waals surface area contributed by atoms with E-state index in [1.54, 1.807) is 29.9 Å². The summed E-state index contributed by atoms with van der Waals surface area (Å²) in [6.45, 7) is 0. The molecule has 0 aliphatic rings. The first-order valence-electron chi connectivity index (χ1n) is 6.42. The quantitative estimate of drug-likeness (QED) is 0.759. The van der Waals surface area contributed by atoms with Gasteiger partial charge in [-0.15, -0.1) is 0 Å². The fourth-order valence-electron chi connectivity index (χ4n) is 1.97. The van der Waals surface area contributed by atoms with E-state index < -0.39 is 21.7 Å². The van der Waals surface area contributed by atoms with Crippen LogP contribution in [0.3, 0.4) is 0 Å². The first kappa shape index (κ1) is 17.2. The molecular weight excluding hydrogens is 386 g/mol. The molecule has 122 valence electrons. The zero-order valence-corrected chi connectivity index (χ0v) is 14.7. The van der Waals surface area contributed by atoms with Crippen LogP contribution >= 0.6 is 15.9 Å². The van der Waals surface area contributed by atoms with Crippen LogP contribution in [-0.4, -0.2) is 31.1 Å². The number of sulfone groups is 1. The number of amides is 2. The van der Waals surface area contributed by atoms with Crippen LogP contribution in [0.5, 0.6) is 0 Å². The van der Waals surface area contributed by atoms with Gasteiger partial charge in [0.1, 0.15) is 5.69 Å². The van der Waals surface area contributed by atoms with Crippen LogP contribution in [-0.2, 0) is 16.9 Å². The molecule has 0 aliphatic heterocycles. The van der Waals surface area contributed by atoms with Crippen molar-refractivity contribution in [2.24, 2.45) is 7.05 Å². The number of halogens is 1. The zero-order valence-electron chi connectivity index (χ0n) is 12.3. The standard InChI is InChI=1S/C14H14BrN3O4S/c1-18-8-9(15)7-11(18)14(20)17-16-13(19)10-5-3-4-6-12(10)23(2,21)22/h3-8H,1-2H3,(H,16,19)(H,17,20). The van der Waals surface area contributed by atoms with Crippen molar-refractivity contribution in [3.63, 3.8) is 0 Å². The molecule has 1 aromatic carbocycles. The van der Waals surface area contributed by atoms with Crippen molar-refractivity contribution in [1.82, 2.24) is 15.4 Å². The fourth-order valence-corrected chi connectivity index (χ4v) is 3.38. The van der Waals surface area contributed by atoms with Gasteiger partial charge in [-0.05, 0) is 34.1 Å². The van der Waals surface area contributed by atoms with Gasteiger partial charge >= 0.3 is 0 Å². The van der Waals surface area contributed by atoms with Crippen LogP contribution in [0.15, 0.2) is 45.9 Å². The molecule has 2 N–H and O–H groups in total. The van der Waals surface area contributed by atoms with Crippen molar-refractivity contribution < 1.29 is 18.0 Å². The van der Waals surface area contributed by atoms with Gasteiger partial charge in [-0.3, -0.25) is 20.4 Å². The highest BCUT2D eigenvalue weighted by Crippen LogP contribution is 2.15. The smallest absolute Gasteiger partial charge is 0.286 e. The molecule has 0 saturated heterocycles. The highest BCUT2D eigenvalue weighted by Gasteiger charge is 2.19. The summed E-state index contributed by atoms with van der Waals surface area (Å²) in [7, 11) is -1.88. The molecule has 0 fully saturated rings. The summed E-state index contributed by atoms with van der Waals surface area (Å²) in [6.07, 6.45) is 2.70. The molecule has 0 saturated carbocycles. The third-order valence-corrected chi connectivity index (χ3v) is 4.61.